The fourth-order valence-corrected chi connectivity index (χ4v) is 2.90. The van der Waals surface area contributed by atoms with Gasteiger partial charge in [-0.2, -0.15) is 4.39 Å². The van der Waals surface area contributed by atoms with Crippen LogP contribution in [0.4, 0.5) is 10.2 Å². The summed E-state index contributed by atoms with van der Waals surface area (Å²) in [5, 5.41) is 13.3. The highest BCUT2D eigenvalue weighted by atomic mass is 35.5. The lowest BCUT2D eigenvalue weighted by Gasteiger charge is -2.26. The highest BCUT2D eigenvalue weighted by molar-refractivity contribution is 6.33. The van der Waals surface area contributed by atoms with E-state index >= 15 is 0 Å². The molecule has 0 saturated heterocycles. The Morgan fingerprint density at radius 3 is 2.73 bits per heavy atom. The smallest absolute Gasteiger partial charge is 0.213 e. The molecule has 0 radical (unpaired) electrons. The number of aromatic nitrogens is 2. The highest BCUT2D eigenvalue weighted by Crippen LogP contribution is 2.29. The van der Waals surface area contributed by atoms with Crippen molar-refractivity contribution in [2.45, 2.75) is 37.8 Å². The molecule has 116 valence electrons. The average Bonchev–Trinajstić information content (AvgIpc) is 2.51. The lowest BCUT2D eigenvalue weighted by Crippen LogP contribution is -2.28. The van der Waals surface area contributed by atoms with E-state index in [-0.39, 0.29) is 12.1 Å². The molecule has 22 heavy (non-hydrogen) atoms. The van der Waals surface area contributed by atoms with Crippen LogP contribution < -0.4 is 5.32 Å². The Morgan fingerprint density at radius 1 is 1.23 bits per heavy atom. The van der Waals surface area contributed by atoms with E-state index in [4.69, 9.17) is 11.6 Å². The molecule has 1 aliphatic rings. The number of hydrogen-bond acceptors (Lipinski definition) is 4. The minimum atomic E-state index is -0.541. The predicted molar refractivity (Wildman–Crippen MR) is 84.3 cm³/mol. The van der Waals surface area contributed by atoms with Gasteiger partial charge in [-0.3, -0.25) is 0 Å². The summed E-state index contributed by atoms with van der Waals surface area (Å²) in [6.07, 6.45) is 4.75. The molecule has 2 aromatic rings. The molecular formula is C16H17ClFN3O. The zero-order valence-electron chi connectivity index (χ0n) is 12.0. The number of nitrogens with zero attached hydrogens (tertiary/aromatic N) is 2. The second-order valence-corrected chi connectivity index (χ2v) is 5.95. The summed E-state index contributed by atoms with van der Waals surface area (Å²) in [6.45, 7) is 0. The van der Waals surface area contributed by atoms with E-state index in [1.54, 1.807) is 24.4 Å². The van der Waals surface area contributed by atoms with Crippen LogP contribution in [0.3, 0.4) is 0 Å². The minimum absolute atomic E-state index is 0.191. The van der Waals surface area contributed by atoms with E-state index in [0.29, 0.717) is 22.1 Å². The van der Waals surface area contributed by atoms with Crippen LogP contribution in [0.25, 0.3) is 11.3 Å². The van der Waals surface area contributed by atoms with Crippen LogP contribution in [-0.4, -0.2) is 27.2 Å². The molecule has 0 aliphatic heterocycles. The van der Waals surface area contributed by atoms with Crippen LogP contribution >= 0.6 is 11.6 Å². The third-order valence-electron chi connectivity index (χ3n) is 3.90. The number of nitrogens with one attached hydrogen (secondary N) is 1. The second kappa shape index (κ2) is 6.58. The Bertz CT molecular complexity index is 660. The van der Waals surface area contributed by atoms with Gasteiger partial charge in [-0.05, 0) is 43.9 Å². The maximum atomic E-state index is 13.3. The molecule has 1 saturated carbocycles. The van der Waals surface area contributed by atoms with E-state index in [1.807, 2.05) is 0 Å². The summed E-state index contributed by atoms with van der Waals surface area (Å²) in [7, 11) is 0. The molecule has 0 bridgehead atoms. The Balaban J connectivity index is 1.81. The standard InChI is InChI=1S/C16H17ClFN3O/c17-13-9-19-16(20-10-4-6-11(22)7-5-10)8-12(13)14-2-1-3-15(18)21-14/h1-3,8-11,22H,4-7H2,(H,19,20). The number of aliphatic hydroxyl groups excluding tert-OH is 1. The molecule has 6 heteroatoms. The third kappa shape index (κ3) is 3.54. The molecule has 4 nitrogen and oxygen atoms in total. The lowest BCUT2D eigenvalue weighted by molar-refractivity contribution is 0.126. The van der Waals surface area contributed by atoms with Crippen molar-refractivity contribution >= 4 is 17.4 Å². The fraction of sp³-hybridized carbons (Fsp3) is 0.375. The van der Waals surface area contributed by atoms with Crippen molar-refractivity contribution in [2.75, 3.05) is 5.32 Å². The summed E-state index contributed by atoms with van der Waals surface area (Å²) in [5.74, 6) is 0.146. The summed E-state index contributed by atoms with van der Waals surface area (Å²) < 4.78 is 13.3. The molecule has 0 unspecified atom stereocenters. The molecule has 3 rings (SSSR count). The first kappa shape index (κ1) is 15.2. The SMILES string of the molecule is OC1CCC(Nc2cc(-c3cccc(F)n3)c(Cl)cn2)CC1. The molecule has 0 atom stereocenters. The van der Waals surface area contributed by atoms with E-state index < -0.39 is 5.95 Å². The normalized spacial score (nSPS) is 21.6. The van der Waals surface area contributed by atoms with Gasteiger partial charge in [-0.1, -0.05) is 17.7 Å². The van der Waals surface area contributed by atoms with Gasteiger partial charge >= 0.3 is 0 Å². The first-order valence-corrected chi connectivity index (χ1v) is 7.72. The van der Waals surface area contributed by atoms with Crippen LogP contribution in [0, 0.1) is 5.95 Å². The van der Waals surface area contributed by atoms with Gasteiger partial charge in [0.05, 0.1) is 16.8 Å². The van der Waals surface area contributed by atoms with Crippen LogP contribution in [0.1, 0.15) is 25.7 Å². The number of aliphatic hydroxyl groups is 1. The minimum Gasteiger partial charge on any atom is -0.393 e. The van der Waals surface area contributed by atoms with Gasteiger partial charge in [0.15, 0.2) is 0 Å². The molecule has 0 amide bonds. The van der Waals surface area contributed by atoms with Crippen molar-refractivity contribution in [3.63, 3.8) is 0 Å². The Morgan fingerprint density at radius 2 is 2.00 bits per heavy atom. The third-order valence-corrected chi connectivity index (χ3v) is 4.20. The maximum Gasteiger partial charge on any atom is 0.213 e. The second-order valence-electron chi connectivity index (χ2n) is 5.54. The van der Waals surface area contributed by atoms with Crippen molar-refractivity contribution in [3.8, 4) is 11.3 Å². The average molecular weight is 322 g/mol. The Labute approximate surface area is 133 Å². The molecule has 0 aromatic carbocycles. The first-order valence-electron chi connectivity index (χ1n) is 7.35. The van der Waals surface area contributed by atoms with Gasteiger partial charge in [0.2, 0.25) is 5.95 Å². The summed E-state index contributed by atoms with van der Waals surface area (Å²) in [6, 6.07) is 6.68. The molecule has 2 aromatic heterocycles. The van der Waals surface area contributed by atoms with Crippen molar-refractivity contribution in [1.82, 2.24) is 9.97 Å². The number of rotatable bonds is 3. The van der Waals surface area contributed by atoms with Gasteiger partial charge in [0.25, 0.3) is 0 Å². The van der Waals surface area contributed by atoms with E-state index in [2.05, 4.69) is 15.3 Å². The highest BCUT2D eigenvalue weighted by Gasteiger charge is 2.19. The van der Waals surface area contributed by atoms with Gasteiger partial charge in [0, 0.05) is 17.8 Å². The van der Waals surface area contributed by atoms with Crippen LogP contribution in [0.15, 0.2) is 30.5 Å². The number of pyridine rings is 2. The molecule has 1 fully saturated rings. The van der Waals surface area contributed by atoms with Crippen molar-refractivity contribution in [2.24, 2.45) is 0 Å². The summed E-state index contributed by atoms with van der Waals surface area (Å²) in [4.78, 5) is 8.14. The van der Waals surface area contributed by atoms with E-state index in [1.165, 1.54) is 6.07 Å². The van der Waals surface area contributed by atoms with Crippen LogP contribution in [-0.2, 0) is 0 Å². The van der Waals surface area contributed by atoms with Gasteiger partial charge < -0.3 is 10.4 Å². The number of halogens is 2. The zero-order chi connectivity index (χ0) is 15.5. The zero-order valence-corrected chi connectivity index (χ0v) is 12.7. The Hall–Kier alpha value is -1.72. The predicted octanol–water partition coefficient (Wildman–Crippen LogP) is 3.65. The molecule has 2 heterocycles. The Kier molecular flexibility index (Phi) is 4.55. The van der Waals surface area contributed by atoms with Crippen LogP contribution in [0.2, 0.25) is 5.02 Å². The summed E-state index contributed by atoms with van der Waals surface area (Å²) >= 11 is 6.16. The molecule has 2 N–H and O–H groups in total. The molecular weight excluding hydrogens is 305 g/mol. The fourth-order valence-electron chi connectivity index (χ4n) is 2.70. The van der Waals surface area contributed by atoms with E-state index in [0.717, 1.165) is 25.7 Å². The quantitative estimate of drug-likeness (QED) is 0.847. The molecule has 1 aliphatic carbocycles. The van der Waals surface area contributed by atoms with E-state index in [9.17, 15) is 9.50 Å². The number of hydrogen-bond donors (Lipinski definition) is 2. The molecule has 0 spiro atoms. The lowest BCUT2D eigenvalue weighted by atomic mass is 9.93. The monoisotopic (exact) mass is 321 g/mol. The largest absolute Gasteiger partial charge is 0.393 e. The summed E-state index contributed by atoms with van der Waals surface area (Å²) in [5.41, 5.74) is 1.13. The topological polar surface area (TPSA) is 58.0 Å². The van der Waals surface area contributed by atoms with Crippen LogP contribution in [0.5, 0.6) is 0 Å². The number of anilines is 1. The first-order chi connectivity index (χ1) is 10.6. The maximum absolute atomic E-state index is 13.3. The van der Waals surface area contributed by atoms with Gasteiger partial charge in [-0.15, -0.1) is 0 Å². The van der Waals surface area contributed by atoms with Gasteiger partial charge in [-0.25, -0.2) is 9.97 Å². The van der Waals surface area contributed by atoms with Crippen molar-refractivity contribution in [3.05, 3.63) is 41.4 Å². The van der Waals surface area contributed by atoms with Gasteiger partial charge in [0.1, 0.15) is 5.82 Å². The van der Waals surface area contributed by atoms with Crippen molar-refractivity contribution in [1.29, 1.82) is 0 Å². The van der Waals surface area contributed by atoms with Crippen molar-refractivity contribution < 1.29 is 9.50 Å².